The summed E-state index contributed by atoms with van der Waals surface area (Å²) in [4.78, 5) is 12.0. The van der Waals surface area contributed by atoms with E-state index < -0.39 is 5.97 Å². The van der Waals surface area contributed by atoms with Gasteiger partial charge in [0, 0.05) is 17.8 Å². The number of ether oxygens (including phenoxy) is 1. The van der Waals surface area contributed by atoms with Gasteiger partial charge in [-0.15, -0.1) is 0 Å². The molecule has 0 spiro atoms. The zero-order chi connectivity index (χ0) is 14.7. The van der Waals surface area contributed by atoms with Crippen molar-refractivity contribution >= 4 is 23.3 Å². The van der Waals surface area contributed by atoms with Crippen molar-refractivity contribution in [2.45, 2.75) is 20.0 Å². The van der Waals surface area contributed by atoms with Gasteiger partial charge < -0.3 is 10.5 Å². The van der Waals surface area contributed by atoms with E-state index in [1.807, 2.05) is 20.0 Å². The molecule has 0 amide bonds. The highest BCUT2D eigenvalue weighted by Crippen LogP contribution is 2.19. The number of aromatic nitrogens is 2. The minimum absolute atomic E-state index is 0.157. The maximum absolute atomic E-state index is 12.0. The van der Waals surface area contributed by atoms with Gasteiger partial charge in [0.15, 0.2) is 0 Å². The fourth-order valence-electron chi connectivity index (χ4n) is 1.82. The van der Waals surface area contributed by atoms with E-state index in [-0.39, 0.29) is 6.61 Å². The van der Waals surface area contributed by atoms with Crippen LogP contribution in [-0.4, -0.2) is 15.7 Å². The van der Waals surface area contributed by atoms with Crippen LogP contribution in [-0.2, 0) is 24.8 Å². The largest absolute Gasteiger partial charge is 0.456 e. The quantitative estimate of drug-likeness (QED) is 0.695. The van der Waals surface area contributed by atoms with Gasteiger partial charge in [-0.3, -0.25) is 4.68 Å². The molecular formula is C14H16ClN3O2. The van der Waals surface area contributed by atoms with Crippen molar-refractivity contribution in [3.8, 4) is 0 Å². The maximum Gasteiger partial charge on any atom is 0.340 e. The third-order valence-corrected chi connectivity index (χ3v) is 3.21. The molecule has 2 N–H and O–H groups in total. The van der Waals surface area contributed by atoms with Crippen molar-refractivity contribution in [1.29, 1.82) is 0 Å². The summed E-state index contributed by atoms with van der Waals surface area (Å²) in [6, 6.07) is 6.60. The van der Waals surface area contributed by atoms with Crippen LogP contribution in [0.2, 0.25) is 5.02 Å². The third kappa shape index (κ3) is 3.11. The second-order valence-corrected chi connectivity index (χ2v) is 4.85. The molecule has 0 atom stereocenters. The lowest BCUT2D eigenvalue weighted by atomic mass is 10.2. The van der Waals surface area contributed by atoms with Crippen LogP contribution in [0.15, 0.2) is 24.3 Å². The Morgan fingerprint density at radius 3 is 2.80 bits per heavy atom. The molecule has 106 valence electrons. The standard InChI is InChI=1S/C14H16ClN3O2/c1-3-10-7-11(18(2)17-10)8-20-14(19)12-5-4-9(15)6-13(12)16/h4-7H,3,8,16H2,1-2H3. The van der Waals surface area contributed by atoms with Crippen LogP contribution in [0.25, 0.3) is 0 Å². The smallest absolute Gasteiger partial charge is 0.340 e. The number of nitrogens with zero attached hydrogens (tertiary/aromatic N) is 2. The van der Waals surface area contributed by atoms with E-state index in [0.29, 0.717) is 16.3 Å². The fourth-order valence-corrected chi connectivity index (χ4v) is 2.00. The number of nitrogens with two attached hydrogens (primary N) is 1. The molecule has 1 aromatic heterocycles. The van der Waals surface area contributed by atoms with Crippen molar-refractivity contribution in [2.24, 2.45) is 7.05 Å². The van der Waals surface area contributed by atoms with Gasteiger partial charge in [-0.05, 0) is 30.7 Å². The highest BCUT2D eigenvalue weighted by molar-refractivity contribution is 6.31. The van der Waals surface area contributed by atoms with Crippen molar-refractivity contribution in [1.82, 2.24) is 9.78 Å². The van der Waals surface area contributed by atoms with Crippen LogP contribution in [0.4, 0.5) is 5.69 Å². The number of hydrogen-bond donors (Lipinski definition) is 1. The lowest BCUT2D eigenvalue weighted by molar-refractivity contribution is 0.0465. The van der Waals surface area contributed by atoms with Gasteiger partial charge in [0.1, 0.15) is 6.61 Å². The van der Waals surface area contributed by atoms with E-state index in [0.717, 1.165) is 17.8 Å². The zero-order valence-electron chi connectivity index (χ0n) is 11.4. The molecule has 2 rings (SSSR count). The molecule has 20 heavy (non-hydrogen) atoms. The Bertz CT molecular complexity index is 637. The fraction of sp³-hybridized carbons (Fsp3) is 0.286. The Labute approximate surface area is 122 Å². The number of nitrogen functional groups attached to an aromatic ring is 1. The number of carbonyl (C=O) groups excluding carboxylic acids is 1. The summed E-state index contributed by atoms with van der Waals surface area (Å²) >= 11 is 5.79. The Morgan fingerprint density at radius 2 is 2.20 bits per heavy atom. The molecule has 6 heteroatoms. The Balaban J connectivity index is 2.06. The Hall–Kier alpha value is -2.01. The van der Waals surface area contributed by atoms with Crippen molar-refractivity contribution in [3.05, 3.63) is 46.2 Å². The van der Waals surface area contributed by atoms with Crippen molar-refractivity contribution in [3.63, 3.8) is 0 Å². The van der Waals surface area contributed by atoms with Gasteiger partial charge in [-0.25, -0.2) is 4.79 Å². The van der Waals surface area contributed by atoms with Crippen molar-refractivity contribution in [2.75, 3.05) is 5.73 Å². The summed E-state index contributed by atoms with van der Waals surface area (Å²) in [6.45, 7) is 2.18. The predicted octanol–water partition coefficient (Wildman–Crippen LogP) is 2.58. The van der Waals surface area contributed by atoms with E-state index in [9.17, 15) is 4.79 Å². The minimum Gasteiger partial charge on any atom is -0.456 e. The lowest BCUT2D eigenvalue weighted by Gasteiger charge is -2.07. The SMILES string of the molecule is CCc1cc(COC(=O)c2ccc(Cl)cc2N)n(C)n1. The van der Waals surface area contributed by atoms with Crippen molar-refractivity contribution < 1.29 is 9.53 Å². The summed E-state index contributed by atoms with van der Waals surface area (Å²) in [5.74, 6) is -0.474. The molecule has 0 aliphatic heterocycles. The highest BCUT2D eigenvalue weighted by Gasteiger charge is 2.13. The first kappa shape index (κ1) is 14.4. The lowest BCUT2D eigenvalue weighted by Crippen LogP contribution is -2.10. The summed E-state index contributed by atoms with van der Waals surface area (Å²) in [6.07, 6.45) is 0.839. The van der Waals surface area contributed by atoms with Gasteiger partial charge in [-0.1, -0.05) is 18.5 Å². The average molecular weight is 294 g/mol. The number of carbonyl (C=O) groups is 1. The molecule has 5 nitrogen and oxygen atoms in total. The monoisotopic (exact) mass is 293 g/mol. The van der Waals surface area contributed by atoms with Crippen LogP contribution < -0.4 is 5.73 Å². The summed E-state index contributed by atoms with van der Waals surface area (Å²) in [5, 5.41) is 4.78. The van der Waals surface area contributed by atoms with Gasteiger partial charge >= 0.3 is 5.97 Å². The van der Waals surface area contributed by atoms with Crippen LogP contribution in [0.1, 0.15) is 28.7 Å². The molecule has 1 aromatic carbocycles. The van der Waals surface area contributed by atoms with Crippen LogP contribution in [0.5, 0.6) is 0 Å². The number of aryl methyl sites for hydroxylation is 2. The molecule has 0 saturated carbocycles. The molecule has 1 heterocycles. The van der Waals surface area contributed by atoms with Crippen LogP contribution >= 0.6 is 11.6 Å². The zero-order valence-corrected chi connectivity index (χ0v) is 12.1. The molecule has 0 saturated heterocycles. The molecule has 0 bridgehead atoms. The van der Waals surface area contributed by atoms with E-state index in [2.05, 4.69) is 5.10 Å². The van der Waals surface area contributed by atoms with E-state index in [1.54, 1.807) is 16.8 Å². The normalized spacial score (nSPS) is 10.6. The second kappa shape index (κ2) is 5.96. The second-order valence-electron chi connectivity index (χ2n) is 4.41. The molecular weight excluding hydrogens is 278 g/mol. The summed E-state index contributed by atoms with van der Waals surface area (Å²) in [5.41, 5.74) is 8.16. The highest BCUT2D eigenvalue weighted by atomic mass is 35.5. The molecule has 0 radical (unpaired) electrons. The van der Waals surface area contributed by atoms with E-state index >= 15 is 0 Å². The number of rotatable bonds is 4. The molecule has 2 aromatic rings. The summed E-state index contributed by atoms with van der Waals surface area (Å²) in [7, 11) is 1.82. The van der Waals surface area contributed by atoms with Crippen LogP contribution in [0.3, 0.4) is 0 Å². The molecule has 0 aliphatic carbocycles. The first-order chi connectivity index (χ1) is 9.51. The topological polar surface area (TPSA) is 70.1 Å². The predicted molar refractivity (Wildman–Crippen MR) is 77.6 cm³/mol. The Morgan fingerprint density at radius 1 is 1.45 bits per heavy atom. The van der Waals surface area contributed by atoms with Gasteiger partial charge in [-0.2, -0.15) is 5.10 Å². The average Bonchev–Trinajstić information content (AvgIpc) is 2.76. The van der Waals surface area contributed by atoms with E-state index in [1.165, 1.54) is 6.07 Å². The minimum atomic E-state index is -0.474. The number of benzene rings is 1. The van der Waals surface area contributed by atoms with Gasteiger partial charge in [0.25, 0.3) is 0 Å². The molecule has 0 fully saturated rings. The maximum atomic E-state index is 12.0. The summed E-state index contributed by atoms with van der Waals surface area (Å²) < 4.78 is 6.96. The van der Waals surface area contributed by atoms with Gasteiger partial charge in [0.2, 0.25) is 0 Å². The number of anilines is 1. The van der Waals surface area contributed by atoms with Crippen LogP contribution in [0, 0.1) is 0 Å². The third-order valence-electron chi connectivity index (χ3n) is 2.97. The number of hydrogen-bond acceptors (Lipinski definition) is 4. The van der Waals surface area contributed by atoms with Gasteiger partial charge in [0.05, 0.1) is 17.0 Å². The first-order valence-electron chi connectivity index (χ1n) is 6.25. The number of halogens is 1. The molecule has 0 unspecified atom stereocenters. The first-order valence-corrected chi connectivity index (χ1v) is 6.63. The number of esters is 1. The van der Waals surface area contributed by atoms with E-state index in [4.69, 9.17) is 22.1 Å². The Kier molecular flexibility index (Phi) is 4.29. The molecule has 0 aliphatic rings.